The number of fused-ring (bicyclic) bond motifs is 6. The zero-order valence-electron chi connectivity index (χ0n) is 32.2. The molecule has 0 radical (unpaired) electrons. The Morgan fingerprint density at radius 3 is 2.51 bits per heavy atom. The number of rotatable bonds is 11. The van der Waals surface area contributed by atoms with Crippen LogP contribution in [0.3, 0.4) is 0 Å². The van der Waals surface area contributed by atoms with Gasteiger partial charge < -0.3 is 24.2 Å². The smallest absolute Gasteiger partial charge is 0.319 e. The van der Waals surface area contributed by atoms with E-state index in [1.165, 1.54) is 31.4 Å². The second kappa shape index (κ2) is 13.7. The molecule has 5 aliphatic rings. The number of ether oxygens (including phenoxy) is 3. The summed E-state index contributed by atoms with van der Waals surface area (Å²) in [6.45, 7) is 6.26. The van der Waals surface area contributed by atoms with E-state index >= 15 is 13.2 Å². The topological polar surface area (TPSA) is 101 Å². The second-order valence-electron chi connectivity index (χ2n) is 17.2. The highest BCUT2D eigenvalue weighted by atomic mass is 19.1. The predicted octanol–water partition coefficient (Wildman–Crippen LogP) is 5.82. The van der Waals surface area contributed by atoms with Crippen LogP contribution in [-0.2, 0) is 16.5 Å². The van der Waals surface area contributed by atoms with Gasteiger partial charge in [0.25, 0.3) is 0 Å². The number of methoxy groups -OCH3 is 1. The molecule has 0 amide bonds. The molecule has 298 valence electrons. The molecular weight excluding hydrogens is 736 g/mol. The summed E-state index contributed by atoms with van der Waals surface area (Å²) < 4.78 is 67.2. The molecular formula is C43H46F3N7O4. The van der Waals surface area contributed by atoms with E-state index in [1.807, 2.05) is 6.20 Å². The van der Waals surface area contributed by atoms with Crippen molar-refractivity contribution in [3.63, 3.8) is 0 Å². The first-order chi connectivity index (χ1) is 27.5. The van der Waals surface area contributed by atoms with Crippen LogP contribution in [0.5, 0.6) is 11.8 Å². The Balaban J connectivity index is 1.10. The van der Waals surface area contributed by atoms with Gasteiger partial charge in [-0.15, -0.1) is 6.42 Å². The number of hydrogen-bond acceptors (Lipinski definition) is 10. The quantitative estimate of drug-likeness (QED) is 0.165. The Labute approximate surface area is 328 Å². The minimum atomic E-state index is -1.36. The molecule has 57 heavy (non-hydrogen) atoms. The zero-order valence-corrected chi connectivity index (χ0v) is 32.2. The molecule has 2 aromatic heterocycles. The third kappa shape index (κ3) is 6.34. The van der Waals surface area contributed by atoms with Crippen LogP contribution in [0.15, 0.2) is 30.5 Å². The highest BCUT2D eigenvalue weighted by molar-refractivity contribution is 6.18. The summed E-state index contributed by atoms with van der Waals surface area (Å²) in [5.74, 6) is 2.12. The van der Waals surface area contributed by atoms with Gasteiger partial charge in [0, 0.05) is 99.4 Å². The number of aromatic nitrogens is 4. The number of benzene rings is 3. The number of likely N-dealkylation sites (tertiary alicyclic amines) is 2. The van der Waals surface area contributed by atoms with E-state index in [0.717, 1.165) is 58.5 Å². The van der Waals surface area contributed by atoms with Crippen molar-refractivity contribution in [2.24, 2.45) is 18.4 Å². The number of aryl methyl sites for hydroxylation is 1. The molecule has 4 aliphatic heterocycles. The fraction of sp³-hybridized carbons (Fsp3) is 0.512. The molecule has 5 aromatic rings. The highest BCUT2D eigenvalue weighted by Crippen LogP contribution is 2.49. The van der Waals surface area contributed by atoms with Crippen LogP contribution in [0.2, 0.25) is 0 Å². The number of terminal acetylenes is 1. The van der Waals surface area contributed by atoms with Crippen molar-refractivity contribution in [3.8, 4) is 35.2 Å². The number of hydrogen-bond donors (Lipinski definition) is 1. The summed E-state index contributed by atoms with van der Waals surface area (Å²) in [4.78, 5) is 17.0. The van der Waals surface area contributed by atoms with Crippen LogP contribution < -0.4 is 9.64 Å². The molecule has 3 aromatic carbocycles. The van der Waals surface area contributed by atoms with Crippen molar-refractivity contribution < 1.29 is 32.5 Å². The first-order valence-corrected chi connectivity index (χ1v) is 19.9. The van der Waals surface area contributed by atoms with Gasteiger partial charge >= 0.3 is 6.01 Å². The Hall–Kier alpha value is -4.68. The summed E-state index contributed by atoms with van der Waals surface area (Å²) in [6.07, 6.45) is 11.9. The lowest BCUT2D eigenvalue weighted by Gasteiger charge is -2.44. The predicted molar refractivity (Wildman–Crippen MR) is 210 cm³/mol. The van der Waals surface area contributed by atoms with Crippen LogP contribution in [0.1, 0.15) is 37.7 Å². The average molecular weight is 782 g/mol. The normalized spacial score (nSPS) is 24.8. The number of anilines is 1. The van der Waals surface area contributed by atoms with Crippen molar-refractivity contribution >= 4 is 38.4 Å². The molecule has 2 bridgehead atoms. The standard InChI is InChI=1S/C43H46F3N7O4/c1-4-30-33(44)8-5-26-13-29(54)14-31(34(26)30)35-37(45)39-36(32-18-50(2)49-38(32)35)40(53-27-6-7-28(53)17-52(16-27)15-25-19-56-20-25)48-41(47-39)57-23-42(9-10-42)21-51-12-11-43(46,22-51)24-55-3/h1,5,8,13-14,18,25,27-28,54H,6-7,9-12,15-17,19-24H2,2-3H3/t27-,28+,43?. The van der Waals surface area contributed by atoms with Gasteiger partial charge in [-0.1, -0.05) is 12.0 Å². The third-order valence-electron chi connectivity index (χ3n) is 12.9. The van der Waals surface area contributed by atoms with Gasteiger partial charge in [0.05, 0.1) is 37.4 Å². The van der Waals surface area contributed by atoms with E-state index in [4.69, 9.17) is 35.7 Å². The van der Waals surface area contributed by atoms with Gasteiger partial charge in [-0.2, -0.15) is 15.1 Å². The number of halogens is 3. The molecule has 0 spiro atoms. The Morgan fingerprint density at radius 1 is 1.02 bits per heavy atom. The van der Waals surface area contributed by atoms with Gasteiger partial charge in [-0.05, 0) is 61.3 Å². The van der Waals surface area contributed by atoms with Gasteiger partial charge in [-0.3, -0.25) is 14.5 Å². The van der Waals surface area contributed by atoms with E-state index < -0.39 is 17.3 Å². The summed E-state index contributed by atoms with van der Waals surface area (Å²) in [5.41, 5.74) is -0.989. The molecule has 1 N–H and O–H groups in total. The van der Waals surface area contributed by atoms with Crippen molar-refractivity contribution in [1.82, 2.24) is 29.5 Å². The number of piperazine rings is 1. The van der Waals surface area contributed by atoms with Crippen LogP contribution in [-0.4, -0.2) is 125 Å². The van der Waals surface area contributed by atoms with E-state index in [9.17, 15) is 5.11 Å². The van der Waals surface area contributed by atoms with Crippen LogP contribution in [0, 0.1) is 35.3 Å². The maximum Gasteiger partial charge on any atom is 0.319 e. The first kappa shape index (κ1) is 36.6. The fourth-order valence-electron chi connectivity index (χ4n) is 10.1. The lowest BCUT2D eigenvalue weighted by Crippen LogP contribution is -2.56. The van der Waals surface area contributed by atoms with E-state index in [2.05, 4.69) is 20.6 Å². The summed E-state index contributed by atoms with van der Waals surface area (Å²) >= 11 is 0. The molecule has 1 aliphatic carbocycles. The molecule has 6 heterocycles. The third-order valence-corrected chi connectivity index (χ3v) is 12.9. The molecule has 5 fully saturated rings. The number of phenols is 1. The molecule has 10 rings (SSSR count). The van der Waals surface area contributed by atoms with Gasteiger partial charge in [0.2, 0.25) is 0 Å². The number of aromatic hydroxyl groups is 1. The second-order valence-corrected chi connectivity index (χ2v) is 17.2. The maximum atomic E-state index is 17.9. The number of nitrogens with zero attached hydrogens (tertiary/aromatic N) is 7. The fourth-order valence-corrected chi connectivity index (χ4v) is 10.1. The molecule has 11 nitrogen and oxygen atoms in total. The molecule has 3 atom stereocenters. The van der Waals surface area contributed by atoms with Crippen LogP contribution in [0.25, 0.3) is 43.7 Å². The Bertz CT molecular complexity index is 2450. The van der Waals surface area contributed by atoms with Crippen molar-refractivity contribution in [2.45, 2.75) is 49.9 Å². The summed E-state index contributed by atoms with van der Waals surface area (Å²) in [6, 6.07) is 5.98. The Kier molecular flexibility index (Phi) is 8.82. The molecule has 14 heteroatoms. The Morgan fingerprint density at radius 2 is 1.81 bits per heavy atom. The van der Waals surface area contributed by atoms with Gasteiger partial charge in [0.15, 0.2) is 5.82 Å². The molecule has 4 saturated heterocycles. The monoisotopic (exact) mass is 781 g/mol. The maximum absolute atomic E-state index is 17.9. The van der Waals surface area contributed by atoms with E-state index in [0.29, 0.717) is 66.1 Å². The van der Waals surface area contributed by atoms with E-state index in [-0.39, 0.29) is 63.5 Å². The molecule has 1 unspecified atom stereocenters. The minimum absolute atomic E-state index is 0.0404. The average Bonchev–Trinajstić information content (AvgIpc) is 3.54. The summed E-state index contributed by atoms with van der Waals surface area (Å²) in [7, 11) is 3.29. The highest BCUT2D eigenvalue weighted by Gasteiger charge is 2.49. The van der Waals surface area contributed by atoms with E-state index in [1.54, 1.807) is 11.7 Å². The van der Waals surface area contributed by atoms with Gasteiger partial charge in [0.1, 0.15) is 34.1 Å². The van der Waals surface area contributed by atoms with Crippen molar-refractivity contribution in [3.05, 3.63) is 47.7 Å². The largest absolute Gasteiger partial charge is 0.508 e. The zero-order chi connectivity index (χ0) is 39.2. The van der Waals surface area contributed by atoms with Crippen LogP contribution in [0.4, 0.5) is 19.0 Å². The first-order valence-electron chi connectivity index (χ1n) is 19.9. The molecule has 1 saturated carbocycles. The minimum Gasteiger partial charge on any atom is -0.508 e. The summed E-state index contributed by atoms with van der Waals surface area (Å²) in [5, 5.41) is 17.6. The number of phenolic OH excluding ortho intramolecular Hbond substituents is 1. The van der Waals surface area contributed by atoms with Crippen molar-refractivity contribution in [2.75, 3.05) is 77.7 Å². The number of alkyl halides is 1. The van der Waals surface area contributed by atoms with Gasteiger partial charge in [-0.25, -0.2) is 13.2 Å². The lowest BCUT2D eigenvalue weighted by molar-refractivity contribution is -0.0484. The SMILES string of the molecule is C#Cc1c(F)ccc2cc(O)cc(-c3c(F)c4nc(OCC5(CN6CCC(F)(COC)C6)CC5)nc(N5[C@@H]6CC[C@H]5CN(CC5COC5)C6)c4c4cn(C)nc34)c12. The lowest BCUT2D eigenvalue weighted by atomic mass is 9.91. The van der Waals surface area contributed by atoms with Crippen molar-refractivity contribution in [1.29, 1.82) is 0 Å². The van der Waals surface area contributed by atoms with Crippen LogP contribution >= 0.6 is 0 Å².